The van der Waals surface area contributed by atoms with Crippen molar-refractivity contribution in [1.82, 2.24) is 10.2 Å². The van der Waals surface area contributed by atoms with E-state index in [0.717, 1.165) is 23.9 Å². The first-order chi connectivity index (χ1) is 7.15. The van der Waals surface area contributed by atoms with E-state index in [1.165, 1.54) is 38.9 Å². The first kappa shape index (κ1) is 11.4. The summed E-state index contributed by atoms with van der Waals surface area (Å²) in [6.45, 7) is 10.8. The second-order valence-electron chi connectivity index (χ2n) is 6.01. The summed E-state index contributed by atoms with van der Waals surface area (Å²) in [6.07, 6.45) is 4.21. The number of rotatable bonds is 3. The lowest BCUT2D eigenvalue weighted by atomic mass is 9.80. The van der Waals surface area contributed by atoms with Gasteiger partial charge in [0, 0.05) is 31.7 Å². The van der Waals surface area contributed by atoms with E-state index in [-0.39, 0.29) is 0 Å². The maximum Gasteiger partial charge on any atom is 0.0198 e. The summed E-state index contributed by atoms with van der Waals surface area (Å²) in [5.74, 6) is 1.80. The Balaban J connectivity index is 1.77. The van der Waals surface area contributed by atoms with Gasteiger partial charge in [-0.05, 0) is 31.1 Å². The van der Waals surface area contributed by atoms with Crippen molar-refractivity contribution in [2.75, 3.05) is 19.6 Å². The molecule has 0 radical (unpaired) electrons. The molecule has 1 aliphatic heterocycles. The van der Waals surface area contributed by atoms with Gasteiger partial charge in [-0.1, -0.05) is 20.8 Å². The Bertz CT molecular complexity index is 197. The van der Waals surface area contributed by atoms with E-state index in [1.54, 1.807) is 0 Å². The highest BCUT2D eigenvalue weighted by Gasteiger charge is 2.33. The van der Waals surface area contributed by atoms with Gasteiger partial charge in [0.2, 0.25) is 0 Å². The fourth-order valence-corrected chi connectivity index (χ4v) is 3.07. The van der Waals surface area contributed by atoms with Crippen LogP contribution in [-0.2, 0) is 0 Å². The van der Waals surface area contributed by atoms with E-state index in [9.17, 15) is 0 Å². The third-order valence-corrected chi connectivity index (χ3v) is 3.91. The largest absolute Gasteiger partial charge is 0.311 e. The molecular weight excluding hydrogens is 184 g/mol. The summed E-state index contributed by atoms with van der Waals surface area (Å²) in [5, 5.41) is 3.65. The number of hydrogen-bond acceptors (Lipinski definition) is 2. The van der Waals surface area contributed by atoms with Crippen LogP contribution in [-0.4, -0.2) is 36.6 Å². The normalized spacial score (nSPS) is 38.0. The minimum Gasteiger partial charge on any atom is -0.311 e. The molecule has 2 aliphatic rings. The fourth-order valence-electron chi connectivity index (χ4n) is 3.07. The summed E-state index contributed by atoms with van der Waals surface area (Å²) in [6, 6.07) is 1.66. The van der Waals surface area contributed by atoms with Gasteiger partial charge in [0.1, 0.15) is 0 Å². The molecule has 2 fully saturated rings. The van der Waals surface area contributed by atoms with E-state index >= 15 is 0 Å². The standard InChI is InChI=1S/C13H26N2/c1-10(2)6-12-9-15(5-4-14-12)13-7-11(3)8-13/h10-14H,4-9H2,1-3H3. The first-order valence-electron chi connectivity index (χ1n) is 6.62. The van der Waals surface area contributed by atoms with Crippen LogP contribution < -0.4 is 5.32 Å². The molecule has 0 aromatic carbocycles. The van der Waals surface area contributed by atoms with Gasteiger partial charge in [0.05, 0.1) is 0 Å². The van der Waals surface area contributed by atoms with Crippen LogP contribution in [0.3, 0.4) is 0 Å². The summed E-state index contributed by atoms with van der Waals surface area (Å²) >= 11 is 0. The van der Waals surface area contributed by atoms with Crippen molar-refractivity contribution in [3.63, 3.8) is 0 Å². The molecule has 0 aromatic heterocycles. The maximum absolute atomic E-state index is 3.65. The van der Waals surface area contributed by atoms with Crippen LogP contribution in [0.4, 0.5) is 0 Å². The predicted molar refractivity (Wildman–Crippen MR) is 65.0 cm³/mol. The zero-order valence-corrected chi connectivity index (χ0v) is 10.5. The van der Waals surface area contributed by atoms with Crippen molar-refractivity contribution in [2.45, 2.75) is 52.1 Å². The summed E-state index contributed by atoms with van der Waals surface area (Å²) in [5.41, 5.74) is 0. The van der Waals surface area contributed by atoms with Gasteiger partial charge in [-0.2, -0.15) is 0 Å². The van der Waals surface area contributed by atoms with Crippen molar-refractivity contribution >= 4 is 0 Å². The van der Waals surface area contributed by atoms with Crippen LogP contribution in [0.1, 0.15) is 40.0 Å². The van der Waals surface area contributed by atoms with Gasteiger partial charge in [0.25, 0.3) is 0 Å². The molecule has 1 N–H and O–H groups in total. The number of nitrogens with zero attached hydrogens (tertiary/aromatic N) is 1. The number of piperazine rings is 1. The molecule has 15 heavy (non-hydrogen) atoms. The molecule has 1 aliphatic carbocycles. The predicted octanol–water partition coefficient (Wildman–Crippen LogP) is 2.10. The van der Waals surface area contributed by atoms with Crippen molar-refractivity contribution < 1.29 is 0 Å². The molecule has 1 heterocycles. The number of hydrogen-bond donors (Lipinski definition) is 1. The minimum absolute atomic E-state index is 0.745. The average Bonchev–Trinajstić information content (AvgIpc) is 2.12. The molecule has 1 saturated heterocycles. The highest BCUT2D eigenvalue weighted by molar-refractivity contribution is 4.89. The van der Waals surface area contributed by atoms with Gasteiger partial charge >= 0.3 is 0 Å². The molecule has 2 nitrogen and oxygen atoms in total. The average molecular weight is 210 g/mol. The molecular formula is C13H26N2. The van der Waals surface area contributed by atoms with Crippen LogP contribution in [0.2, 0.25) is 0 Å². The molecule has 1 atom stereocenters. The lowest BCUT2D eigenvalue weighted by Gasteiger charge is -2.46. The molecule has 1 unspecified atom stereocenters. The SMILES string of the molecule is CC(C)CC1CN(C2CC(C)C2)CCN1. The third-order valence-electron chi connectivity index (χ3n) is 3.91. The first-order valence-corrected chi connectivity index (χ1v) is 6.62. The molecule has 0 spiro atoms. The highest BCUT2D eigenvalue weighted by Crippen LogP contribution is 2.31. The van der Waals surface area contributed by atoms with E-state index in [4.69, 9.17) is 0 Å². The van der Waals surface area contributed by atoms with Crippen LogP contribution in [0, 0.1) is 11.8 Å². The maximum atomic E-state index is 3.65. The molecule has 1 saturated carbocycles. The smallest absolute Gasteiger partial charge is 0.0198 e. The van der Waals surface area contributed by atoms with Crippen LogP contribution in [0.15, 0.2) is 0 Å². The van der Waals surface area contributed by atoms with Gasteiger partial charge < -0.3 is 5.32 Å². The molecule has 0 bridgehead atoms. The zero-order chi connectivity index (χ0) is 10.8. The molecule has 2 rings (SSSR count). The van der Waals surface area contributed by atoms with Crippen molar-refractivity contribution in [2.24, 2.45) is 11.8 Å². The van der Waals surface area contributed by atoms with Crippen molar-refractivity contribution in [3.05, 3.63) is 0 Å². The second kappa shape index (κ2) is 4.84. The highest BCUT2D eigenvalue weighted by atomic mass is 15.2. The minimum atomic E-state index is 0.745. The third kappa shape index (κ3) is 2.94. The van der Waals surface area contributed by atoms with E-state index < -0.39 is 0 Å². The van der Waals surface area contributed by atoms with Crippen LogP contribution in [0.25, 0.3) is 0 Å². The Morgan fingerprint density at radius 3 is 2.67 bits per heavy atom. The number of nitrogens with one attached hydrogen (secondary N) is 1. The Morgan fingerprint density at radius 1 is 1.33 bits per heavy atom. The van der Waals surface area contributed by atoms with Crippen molar-refractivity contribution in [1.29, 1.82) is 0 Å². The summed E-state index contributed by atoms with van der Waals surface area (Å²) in [4.78, 5) is 2.73. The van der Waals surface area contributed by atoms with Crippen molar-refractivity contribution in [3.8, 4) is 0 Å². The Morgan fingerprint density at radius 2 is 2.07 bits per heavy atom. The van der Waals surface area contributed by atoms with E-state index in [1.807, 2.05) is 0 Å². The molecule has 0 aromatic rings. The van der Waals surface area contributed by atoms with Gasteiger partial charge in [-0.15, -0.1) is 0 Å². The molecule has 88 valence electrons. The Kier molecular flexibility index (Phi) is 3.68. The van der Waals surface area contributed by atoms with Gasteiger partial charge in [0.15, 0.2) is 0 Å². The zero-order valence-electron chi connectivity index (χ0n) is 10.5. The van der Waals surface area contributed by atoms with E-state index in [0.29, 0.717) is 0 Å². The lowest BCUT2D eigenvalue weighted by molar-refractivity contribution is 0.0566. The quantitative estimate of drug-likeness (QED) is 0.767. The topological polar surface area (TPSA) is 15.3 Å². The summed E-state index contributed by atoms with van der Waals surface area (Å²) < 4.78 is 0. The van der Waals surface area contributed by atoms with E-state index in [2.05, 4.69) is 31.0 Å². The molecule has 2 heteroatoms. The summed E-state index contributed by atoms with van der Waals surface area (Å²) in [7, 11) is 0. The second-order valence-corrected chi connectivity index (χ2v) is 6.01. The molecule has 0 amide bonds. The Labute approximate surface area is 94.4 Å². The van der Waals surface area contributed by atoms with Crippen LogP contribution >= 0.6 is 0 Å². The fraction of sp³-hybridized carbons (Fsp3) is 1.00. The monoisotopic (exact) mass is 210 g/mol. The lowest BCUT2D eigenvalue weighted by Crippen LogP contribution is -2.56. The van der Waals surface area contributed by atoms with Gasteiger partial charge in [-0.25, -0.2) is 0 Å². The Hall–Kier alpha value is -0.0800. The van der Waals surface area contributed by atoms with Crippen LogP contribution in [0.5, 0.6) is 0 Å². The van der Waals surface area contributed by atoms with Gasteiger partial charge in [-0.3, -0.25) is 4.90 Å².